The minimum Gasteiger partial charge on any atom is -0.394 e. The standard InChI is InChI=1S/C23H46O5.C22H45NO5.C17H36.C9H7NO2.C8H11N.C7H13BrO4.6Ac/c1-3-4-5-6-7-8-9-10-11-12-13-14-15-16-17-27-23-19(2)21(25)22(26)20(18-24)28-23;1-2-3-4-5-6-7-8-9-10-11-12-13-14-15-16-27-22-19(23)21(26)20(25)18(17-24)28-22;1-3-5-7-9-11-13-15-17-16-14-12-10-8-6-4-2;1-10-8(11)6-4-2-3-5-7(6)9(10)12;1-6-4-7(2)9-8(3)5-6;1-3-5(10)6(11)4(2-9)12-7(3)8;;;;;;/h19-26H,3-18H2,1-2H3;18-22,24-26H,2-17,23H2,1H3;3-17H2,1-2H3;2-5H,1H3;4-5H,1-3H3;3-7,9-11H,2H2,1H3;;;;;;/t19?,20?,21?,22-,23-;18?,19?,20-,21?,22-;;;;3?,4?,5?,6-,7?;;;;;;/m11...1....../s1. The molecule has 26 heteroatoms. The molecular weight excluding hydrogens is 2770 g/mol. The Hall–Kier alpha value is 6.04. The molecule has 2 amide bonds. The third-order valence-electron chi connectivity index (χ3n) is 20.8. The van der Waals surface area contributed by atoms with Gasteiger partial charge in [-0.05, 0) is 63.4 Å². The average molecular weight is 2930 g/mol. The van der Waals surface area contributed by atoms with E-state index in [1.807, 2.05) is 13.8 Å². The second-order valence-corrected chi connectivity index (χ2v) is 31.5. The summed E-state index contributed by atoms with van der Waals surface area (Å²) in [6, 6.07) is 10.2. The summed E-state index contributed by atoms with van der Waals surface area (Å²) in [7, 11) is 1.49. The molecular formula is C86H158Ac6BrN3O16. The normalized spacial score (nSPS) is 23.3. The molecule has 3 fully saturated rings. The summed E-state index contributed by atoms with van der Waals surface area (Å²) in [4.78, 5) is 28.0. The first-order valence-electron chi connectivity index (χ1n) is 42.5. The van der Waals surface area contributed by atoms with Gasteiger partial charge in [-0.25, -0.2) is 0 Å². The number of aliphatic hydroxyl groups is 9. The number of alkyl halides is 1. The molecule has 10 unspecified atom stereocenters. The molecule has 0 bridgehead atoms. The smallest absolute Gasteiger partial charge is 0.261 e. The minimum absolute atomic E-state index is 0. The number of unbranched alkanes of at least 4 members (excludes halogenated alkanes) is 40. The van der Waals surface area contributed by atoms with Gasteiger partial charge < -0.3 is 75.4 Å². The molecule has 0 saturated carbocycles. The Bertz CT molecular complexity index is 2240. The molecule has 6 radical (unpaired) electrons. The van der Waals surface area contributed by atoms with Gasteiger partial charge in [0.25, 0.3) is 11.8 Å². The van der Waals surface area contributed by atoms with E-state index < -0.39 is 73.6 Å². The van der Waals surface area contributed by atoms with Crippen molar-refractivity contribution >= 4 is 27.7 Å². The van der Waals surface area contributed by atoms with Crippen LogP contribution in [-0.4, -0.2) is 186 Å². The molecule has 112 heavy (non-hydrogen) atoms. The van der Waals surface area contributed by atoms with E-state index in [4.69, 9.17) is 34.5 Å². The van der Waals surface area contributed by atoms with Gasteiger partial charge in [0.15, 0.2) is 12.6 Å². The number of rotatable bonds is 49. The van der Waals surface area contributed by atoms with Crippen LogP contribution >= 0.6 is 15.9 Å². The van der Waals surface area contributed by atoms with Crippen LogP contribution in [0.2, 0.25) is 0 Å². The van der Waals surface area contributed by atoms with Crippen LogP contribution in [0, 0.1) is 297 Å². The fourth-order valence-corrected chi connectivity index (χ4v) is 14.3. The second-order valence-electron chi connectivity index (χ2n) is 30.6. The number of halogens is 1. The largest absolute Gasteiger partial charge is 0.394 e. The molecule has 6 rings (SSSR count). The van der Waals surface area contributed by atoms with Crippen molar-refractivity contribution in [2.24, 2.45) is 17.6 Å². The zero-order valence-electron chi connectivity index (χ0n) is 71.8. The second kappa shape index (κ2) is 86.4. The van der Waals surface area contributed by atoms with Crippen LogP contribution in [0.5, 0.6) is 0 Å². The predicted octanol–water partition coefficient (Wildman–Crippen LogP) is 17.1. The summed E-state index contributed by atoms with van der Waals surface area (Å²) in [5.74, 6) is -0.904. The predicted molar refractivity (Wildman–Crippen MR) is 433 cm³/mol. The topological polar surface area (TPSA) is 305 Å². The van der Waals surface area contributed by atoms with Gasteiger partial charge in [-0.1, -0.05) is 333 Å². The van der Waals surface area contributed by atoms with Crippen LogP contribution in [0.25, 0.3) is 0 Å². The molecule has 4 aliphatic rings. The Morgan fingerprint density at radius 2 is 0.643 bits per heavy atom. The van der Waals surface area contributed by atoms with Crippen molar-refractivity contribution in [1.29, 1.82) is 0 Å². The van der Waals surface area contributed by atoms with Crippen molar-refractivity contribution in [3.63, 3.8) is 0 Å². The Labute approximate surface area is 904 Å². The molecule has 0 spiro atoms. The van der Waals surface area contributed by atoms with Gasteiger partial charge in [-0.15, -0.1) is 0 Å². The van der Waals surface area contributed by atoms with Crippen LogP contribution in [-0.2, 0) is 23.7 Å². The molecule has 638 valence electrons. The number of pyridine rings is 1. The number of ether oxygens (including phenoxy) is 5. The summed E-state index contributed by atoms with van der Waals surface area (Å²) in [6.07, 6.45) is 48.9. The molecule has 19 nitrogen and oxygen atoms in total. The Morgan fingerprint density at radius 1 is 0.393 bits per heavy atom. The monoisotopic (exact) mass is 2930 g/mol. The van der Waals surface area contributed by atoms with E-state index in [1.165, 1.54) is 263 Å². The minimum atomic E-state index is -1.18. The zero-order chi connectivity index (χ0) is 78.7. The van der Waals surface area contributed by atoms with Gasteiger partial charge in [-0.2, -0.15) is 0 Å². The number of carbonyl (C=O) groups excluding carboxylic acids is 2. The van der Waals surface area contributed by atoms with Gasteiger partial charge >= 0.3 is 0 Å². The van der Waals surface area contributed by atoms with Gasteiger partial charge in [0.1, 0.15) is 47.7 Å². The molecule has 1 aromatic carbocycles. The molecule has 1 aromatic heterocycles. The summed E-state index contributed by atoms with van der Waals surface area (Å²) < 4.78 is 27.6. The number of imide groups is 1. The Morgan fingerprint density at radius 3 is 0.929 bits per heavy atom. The zero-order valence-corrected chi connectivity index (χ0v) is 102. The van der Waals surface area contributed by atoms with Crippen molar-refractivity contribution < 1.29 is 344 Å². The molecule has 15 atom stereocenters. The maximum absolute atomic E-state index is 11.3. The van der Waals surface area contributed by atoms with Crippen molar-refractivity contribution in [2.45, 2.75) is 417 Å². The summed E-state index contributed by atoms with van der Waals surface area (Å²) in [5, 5.41) is 85.2. The quantitative estimate of drug-likeness (QED) is 0.0167. The summed E-state index contributed by atoms with van der Waals surface area (Å²) >= 11 is 3.20. The Balaban J connectivity index is -0.000000311. The number of aliphatic hydroxyl groups excluding tert-OH is 9. The first kappa shape index (κ1) is 129. The summed E-state index contributed by atoms with van der Waals surface area (Å²) in [5.41, 5.74) is 10.4. The maximum atomic E-state index is 11.3. The van der Waals surface area contributed by atoms with E-state index in [0.717, 1.165) is 42.0 Å². The van der Waals surface area contributed by atoms with Crippen LogP contribution in [0.3, 0.4) is 0 Å². The number of hydrogen-bond donors (Lipinski definition) is 10. The number of hydrogen-bond acceptors (Lipinski definition) is 18. The number of benzene rings is 1. The van der Waals surface area contributed by atoms with Crippen molar-refractivity contribution in [3.8, 4) is 0 Å². The first-order chi connectivity index (χ1) is 51.1. The van der Waals surface area contributed by atoms with Crippen LogP contribution in [0.4, 0.5) is 0 Å². The number of amides is 2. The molecule has 4 aliphatic heterocycles. The van der Waals surface area contributed by atoms with Crippen LogP contribution in [0.15, 0.2) is 36.4 Å². The Kier molecular flexibility index (Phi) is 99.4. The number of fused-ring (bicyclic) bond motifs is 1. The van der Waals surface area contributed by atoms with Gasteiger partial charge in [0.2, 0.25) is 0 Å². The van der Waals surface area contributed by atoms with E-state index in [9.17, 15) is 50.4 Å². The number of nitrogens with two attached hydrogens (primary N) is 1. The van der Waals surface area contributed by atoms with E-state index in [0.29, 0.717) is 24.3 Å². The fourth-order valence-electron chi connectivity index (χ4n) is 13.7. The number of aryl methyl sites for hydroxylation is 3. The van der Waals surface area contributed by atoms with E-state index in [-0.39, 0.29) is 313 Å². The molecule has 2 aromatic rings. The number of carbonyl (C=O) groups is 2. The van der Waals surface area contributed by atoms with Crippen molar-refractivity contribution in [2.75, 3.05) is 40.1 Å². The van der Waals surface area contributed by atoms with E-state index >= 15 is 0 Å². The first-order valence-corrected chi connectivity index (χ1v) is 43.4. The SMILES string of the molecule is CC1C(Br)OC(CO)[C@@H](O)C1O.CCCCCCCCCCCCCCCCC.CCCCCCCCCCCCCCCCO[C@@H]1OC(CO)[C@@H](O)C(O)C1C.CCCCCCCCCCCCCCCCO[C@@H]1OC(CO)[C@@H](O)C(O)C1N.CN1C(=O)c2ccccc2C1=O.Cc1cc(C)nc(C)c1.[Ac].[Ac].[Ac].[Ac].[Ac].[Ac]. The summed E-state index contributed by atoms with van der Waals surface area (Å²) in [6.45, 7) is 18.9. The fraction of sp³-hybridized carbons (Fsp3) is 0.849. The number of aromatic nitrogens is 1. The van der Waals surface area contributed by atoms with E-state index in [1.54, 1.807) is 38.1 Å². The van der Waals surface area contributed by atoms with Crippen molar-refractivity contribution in [3.05, 3.63) is 64.5 Å². The van der Waals surface area contributed by atoms with Gasteiger partial charge in [-0.3, -0.25) is 19.5 Å². The molecule has 5 heterocycles. The van der Waals surface area contributed by atoms with E-state index in [2.05, 4.69) is 67.7 Å². The third kappa shape index (κ3) is 60.7. The number of nitrogens with zero attached hydrogens (tertiary/aromatic N) is 2. The maximum Gasteiger partial charge on any atom is 0.261 e. The van der Waals surface area contributed by atoms with Gasteiger partial charge in [0.05, 0.1) is 49.2 Å². The molecule has 3 saturated heterocycles. The van der Waals surface area contributed by atoms with Gasteiger partial charge in [0, 0.05) is 308 Å². The third-order valence-corrected chi connectivity index (χ3v) is 21.8. The van der Waals surface area contributed by atoms with Crippen LogP contribution < -0.4 is 5.73 Å². The average Bonchev–Trinajstić information content (AvgIpc) is 1.64. The van der Waals surface area contributed by atoms with Crippen LogP contribution in [0.1, 0.15) is 355 Å². The van der Waals surface area contributed by atoms with Crippen molar-refractivity contribution in [1.82, 2.24) is 9.88 Å². The molecule has 0 aliphatic carbocycles. The molecule has 11 N–H and O–H groups in total.